The lowest BCUT2D eigenvalue weighted by atomic mass is 10.2. The average molecular weight is 391 g/mol. The highest BCUT2D eigenvalue weighted by atomic mass is 35.5. The molecule has 1 unspecified atom stereocenters. The van der Waals surface area contributed by atoms with Crippen LogP contribution in [-0.4, -0.2) is 27.4 Å². The molecule has 8 heteroatoms. The first-order valence-electron chi connectivity index (χ1n) is 7.85. The number of aromatic nitrogens is 2. The zero-order chi connectivity index (χ0) is 18.8. The number of imidazole rings is 1. The SMILES string of the molecule is CC(NC(=O)c1ccccc1Cl)C(=O)Nc1nc2cc(Cl)ccc2n1C. The van der Waals surface area contributed by atoms with E-state index in [2.05, 4.69) is 15.6 Å². The zero-order valence-electron chi connectivity index (χ0n) is 14.1. The molecular weight excluding hydrogens is 375 g/mol. The van der Waals surface area contributed by atoms with Crippen molar-refractivity contribution in [1.82, 2.24) is 14.9 Å². The molecule has 1 atom stereocenters. The minimum absolute atomic E-state index is 0.311. The van der Waals surface area contributed by atoms with Crippen LogP contribution in [0, 0.1) is 0 Å². The fraction of sp³-hybridized carbons (Fsp3) is 0.167. The number of carbonyl (C=O) groups is 2. The van der Waals surface area contributed by atoms with Gasteiger partial charge in [-0.2, -0.15) is 0 Å². The molecule has 0 radical (unpaired) electrons. The van der Waals surface area contributed by atoms with E-state index in [-0.39, 0.29) is 0 Å². The van der Waals surface area contributed by atoms with Gasteiger partial charge in [-0.15, -0.1) is 0 Å². The monoisotopic (exact) mass is 390 g/mol. The summed E-state index contributed by atoms with van der Waals surface area (Å²) in [4.78, 5) is 29.0. The zero-order valence-corrected chi connectivity index (χ0v) is 15.6. The maximum absolute atomic E-state index is 12.4. The molecule has 0 saturated heterocycles. The predicted molar refractivity (Wildman–Crippen MR) is 103 cm³/mol. The molecule has 26 heavy (non-hydrogen) atoms. The highest BCUT2D eigenvalue weighted by Gasteiger charge is 2.20. The lowest BCUT2D eigenvalue weighted by Crippen LogP contribution is -2.42. The van der Waals surface area contributed by atoms with Crippen molar-refractivity contribution in [3.05, 3.63) is 58.1 Å². The van der Waals surface area contributed by atoms with Gasteiger partial charge in [0.1, 0.15) is 6.04 Å². The van der Waals surface area contributed by atoms with Crippen LogP contribution in [0.4, 0.5) is 5.95 Å². The summed E-state index contributed by atoms with van der Waals surface area (Å²) in [5, 5.41) is 6.23. The second kappa shape index (κ2) is 7.35. The minimum atomic E-state index is -0.776. The van der Waals surface area contributed by atoms with Crippen molar-refractivity contribution in [2.45, 2.75) is 13.0 Å². The number of fused-ring (bicyclic) bond motifs is 1. The number of benzene rings is 2. The van der Waals surface area contributed by atoms with Gasteiger partial charge < -0.3 is 9.88 Å². The predicted octanol–water partition coefficient (Wildman–Crippen LogP) is 3.64. The molecule has 0 spiro atoms. The van der Waals surface area contributed by atoms with Crippen LogP contribution in [0.3, 0.4) is 0 Å². The van der Waals surface area contributed by atoms with Crippen molar-refractivity contribution in [3.8, 4) is 0 Å². The van der Waals surface area contributed by atoms with Crippen molar-refractivity contribution >= 4 is 52.0 Å². The first-order chi connectivity index (χ1) is 12.4. The standard InChI is InChI=1S/C18H16Cl2N4O2/c1-10(21-17(26)12-5-3-4-6-13(12)20)16(25)23-18-22-14-9-11(19)7-8-15(14)24(18)2/h3-10H,1-2H3,(H,21,26)(H,22,23,25). The summed E-state index contributed by atoms with van der Waals surface area (Å²) in [6.45, 7) is 1.59. The van der Waals surface area contributed by atoms with Crippen molar-refractivity contribution < 1.29 is 9.59 Å². The molecule has 0 fully saturated rings. The van der Waals surface area contributed by atoms with Gasteiger partial charge in [0.25, 0.3) is 5.91 Å². The van der Waals surface area contributed by atoms with E-state index in [0.29, 0.717) is 27.1 Å². The number of hydrogen-bond donors (Lipinski definition) is 2. The Morgan fingerprint density at radius 2 is 1.88 bits per heavy atom. The Hall–Kier alpha value is -2.57. The molecule has 1 heterocycles. The van der Waals surface area contributed by atoms with Crippen molar-refractivity contribution in [1.29, 1.82) is 0 Å². The smallest absolute Gasteiger partial charge is 0.253 e. The second-order valence-electron chi connectivity index (χ2n) is 5.79. The van der Waals surface area contributed by atoms with Gasteiger partial charge in [0.15, 0.2) is 0 Å². The van der Waals surface area contributed by atoms with Gasteiger partial charge >= 0.3 is 0 Å². The molecule has 2 N–H and O–H groups in total. The first-order valence-corrected chi connectivity index (χ1v) is 8.60. The van der Waals surface area contributed by atoms with E-state index >= 15 is 0 Å². The van der Waals surface area contributed by atoms with E-state index in [4.69, 9.17) is 23.2 Å². The number of nitrogens with zero attached hydrogens (tertiary/aromatic N) is 2. The number of amides is 2. The van der Waals surface area contributed by atoms with Gasteiger partial charge in [-0.05, 0) is 37.3 Å². The number of hydrogen-bond acceptors (Lipinski definition) is 3. The Bertz CT molecular complexity index is 1000. The Morgan fingerprint density at radius 1 is 1.15 bits per heavy atom. The van der Waals surface area contributed by atoms with Gasteiger partial charge in [0.05, 0.1) is 21.6 Å². The molecule has 6 nitrogen and oxygen atoms in total. The number of halogens is 2. The van der Waals surface area contributed by atoms with Gasteiger partial charge in [-0.1, -0.05) is 35.3 Å². The van der Waals surface area contributed by atoms with Gasteiger partial charge in [0, 0.05) is 12.1 Å². The molecule has 2 amide bonds. The number of nitrogens with one attached hydrogen (secondary N) is 2. The maximum atomic E-state index is 12.4. The summed E-state index contributed by atoms with van der Waals surface area (Å²) >= 11 is 12.0. The fourth-order valence-corrected chi connectivity index (χ4v) is 2.88. The van der Waals surface area contributed by atoms with Crippen LogP contribution in [0.15, 0.2) is 42.5 Å². The third-order valence-electron chi connectivity index (χ3n) is 3.94. The summed E-state index contributed by atoms with van der Waals surface area (Å²) in [5.41, 5.74) is 1.81. The van der Waals surface area contributed by atoms with E-state index in [1.54, 1.807) is 54.9 Å². The van der Waals surface area contributed by atoms with Crippen LogP contribution < -0.4 is 10.6 Å². The topological polar surface area (TPSA) is 76.0 Å². The van der Waals surface area contributed by atoms with Crippen LogP contribution >= 0.6 is 23.2 Å². The summed E-state index contributed by atoms with van der Waals surface area (Å²) in [6.07, 6.45) is 0. The summed E-state index contributed by atoms with van der Waals surface area (Å²) in [5.74, 6) is -0.448. The average Bonchev–Trinajstić information content (AvgIpc) is 2.90. The van der Waals surface area contributed by atoms with E-state index in [1.807, 2.05) is 6.07 Å². The van der Waals surface area contributed by atoms with Crippen molar-refractivity contribution in [2.24, 2.45) is 7.05 Å². The molecule has 3 aromatic rings. The van der Waals surface area contributed by atoms with Crippen LogP contribution in [0.1, 0.15) is 17.3 Å². The molecule has 0 aliphatic carbocycles. The summed E-state index contributed by atoms with van der Waals surface area (Å²) < 4.78 is 1.74. The van der Waals surface area contributed by atoms with Crippen LogP contribution in [0.2, 0.25) is 10.0 Å². The third kappa shape index (κ3) is 3.66. The van der Waals surface area contributed by atoms with E-state index in [1.165, 1.54) is 0 Å². The highest BCUT2D eigenvalue weighted by molar-refractivity contribution is 6.33. The largest absolute Gasteiger partial charge is 0.340 e. The molecule has 0 aliphatic heterocycles. The van der Waals surface area contributed by atoms with Gasteiger partial charge in [-0.3, -0.25) is 14.9 Å². The van der Waals surface area contributed by atoms with Crippen LogP contribution in [-0.2, 0) is 11.8 Å². The number of aryl methyl sites for hydroxylation is 1. The Labute approximate surface area is 160 Å². The summed E-state index contributed by atoms with van der Waals surface area (Å²) in [6, 6.07) is 11.2. The molecule has 1 aromatic heterocycles. The maximum Gasteiger partial charge on any atom is 0.253 e. The Kier molecular flexibility index (Phi) is 5.15. The number of anilines is 1. The minimum Gasteiger partial charge on any atom is -0.340 e. The van der Waals surface area contributed by atoms with E-state index in [9.17, 15) is 9.59 Å². The van der Waals surface area contributed by atoms with Crippen molar-refractivity contribution in [3.63, 3.8) is 0 Å². The van der Waals surface area contributed by atoms with Gasteiger partial charge in [-0.25, -0.2) is 4.98 Å². The highest BCUT2D eigenvalue weighted by Crippen LogP contribution is 2.22. The second-order valence-corrected chi connectivity index (χ2v) is 6.64. The summed E-state index contributed by atoms with van der Waals surface area (Å²) in [7, 11) is 1.78. The molecule has 3 rings (SSSR count). The fourth-order valence-electron chi connectivity index (χ4n) is 2.49. The Morgan fingerprint density at radius 3 is 2.62 bits per heavy atom. The van der Waals surface area contributed by atoms with E-state index < -0.39 is 17.9 Å². The van der Waals surface area contributed by atoms with Crippen molar-refractivity contribution in [2.75, 3.05) is 5.32 Å². The molecular formula is C18H16Cl2N4O2. The quantitative estimate of drug-likeness (QED) is 0.713. The molecule has 2 aromatic carbocycles. The molecule has 134 valence electrons. The van der Waals surface area contributed by atoms with Crippen LogP contribution in [0.5, 0.6) is 0 Å². The number of carbonyl (C=O) groups excluding carboxylic acids is 2. The molecule has 0 saturated carbocycles. The Balaban J connectivity index is 1.73. The van der Waals surface area contributed by atoms with Gasteiger partial charge in [0.2, 0.25) is 11.9 Å². The lowest BCUT2D eigenvalue weighted by molar-refractivity contribution is -0.117. The molecule has 0 bridgehead atoms. The van der Waals surface area contributed by atoms with E-state index in [0.717, 1.165) is 5.52 Å². The lowest BCUT2D eigenvalue weighted by Gasteiger charge is -2.14. The molecule has 0 aliphatic rings. The normalized spacial score (nSPS) is 12.0. The van der Waals surface area contributed by atoms with Crippen LogP contribution in [0.25, 0.3) is 11.0 Å². The number of rotatable bonds is 4. The first kappa shape index (κ1) is 18.2. The third-order valence-corrected chi connectivity index (χ3v) is 4.50.